The van der Waals surface area contributed by atoms with Crippen molar-refractivity contribution in [3.63, 3.8) is 0 Å². The number of nitrogens with zero attached hydrogens (tertiary/aromatic N) is 1. The highest BCUT2D eigenvalue weighted by molar-refractivity contribution is 5.80. The van der Waals surface area contributed by atoms with Crippen LogP contribution in [0.5, 0.6) is 5.75 Å². The van der Waals surface area contributed by atoms with Gasteiger partial charge in [-0.2, -0.15) is 5.26 Å². The van der Waals surface area contributed by atoms with Gasteiger partial charge in [-0.1, -0.05) is 18.2 Å². The van der Waals surface area contributed by atoms with Crippen molar-refractivity contribution < 1.29 is 14.6 Å². The summed E-state index contributed by atoms with van der Waals surface area (Å²) in [7, 11) is 1.52. The van der Waals surface area contributed by atoms with E-state index in [9.17, 15) is 15.2 Å². The first-order valence-corrected chi connectivity index (χ1v) is 6.68. The van der Waals surface area contributed by atoms with Gasteiger partial charge in [0, 0.05) is 5.56 Å². The van der Waals surface area contributed by atoms with Crippen LogP contribution < -0.4 is 10.1 Å². The van der Waals surface area contributed by atoms with Crippen molar-refractivity contribution in [3.05, 3.63) is 29.8 Å². The minimum absolute atomic E-state index is 0.271. The Labute approximate surface area is 118 Å². The third-order valence-corrected chi connectivity index (χ3v) is 3.68. The van der Waals surface area contributed by atoms with E-state index in [1.54, 1.807) is 24.3 Å². The van der Waals surface area contributed by atoms with Gasteiger partial charge in [-0.3, -0.25) is 4.79 Å². The van der Waals surface area contributed by atoms with E-state index in [0.717, 1.165) is 6.42 Å². The largest absolute Gasteiger partial charge is 0.496 e. The first-order chi connectivity index (χ1) is 9.67. The Morgan fingerprint density at radius 2 is 2.25 bits per heavy atom. The maximum atomic E-state index is 12.1. The van der Waals surface area contributed by atoms with Crippen LogP contribution in [-0.2, 0) is 4.79 Å². The second-order valence-corrected chi connectivity index (χ2v) is 4.92. The number of amides is 1. The normalized spacial score (nSPS) is 22.9. The molecule has 0 heterocycles. The molecule has 1 saturated carbocycles. The highest BCUT2D eigenvalue weighted by Crippen LogP contribution is 2.28. The molecule has 5 heteroatoms. The Morgan fingerprint density at radius 1 is 1.50 bits per heavy atom. The Bertz CT molecular complexity index is 524. The molecule has 1 aromatic carbocycles. The van der Waals surface area contributed by atoms with Gasteiger partial charge in [0.25, 0.3) is 0 Å². The lowest BCUT2D eigenvalue weighted by molar-refractivity contribution is -0.127. The van der Waals surface area contributed by atoms with E-state index < -0.39 is 18.1 Å². The number of carbonyl (C=O) groups is 1. The zero-order chi connectivity index (χ0) is 14.5. The van der Waals surface area contributed by atoms with E-state index in [4.69, 9.17) is 4.74 Å². The second-order valence-electron chi connectivity index (χ2n) is 4.92. The molecule has 0 aliphatic heterocycles. The highest BCUT2D eigenvalue weighted by Gasteiger charge is 2.33. The molecule has 3 atom stereocenters. The van der Waals surface area contributed by atoms with Crippen molar-refractivity contribution in [2.24, 2.45) is 5.92 Å². The van der Waals surface area contributed by atoms with Gasteiger partial charge in [0.2, 0.25) is 5.91 Å². The van der Waals surface area contributed by atoms with E-state index >= 15 is 0 Å². The van der Waals surface area contributed by atoms with Gasteiger partial charge < -0.3 is 15.2 Å². The SMILES string of the molecule is COc1ccccc1C(C#N)NC(=O)C1CCCC1O. The zero-order valence-electron chi connectivity index (χ0n) is 11.4. The molecule has 0 bridgehead atoms. The summed E-state index contributed by atoms with van der Waals surface area (Å²) in [5.41, 5.74) is 0.623. The Morgan fingerprint density at radius 3 is 2.85 bits per heavy atom. The Kier molecular flexibility index (Phi) is 4.59. The van der Waals surface area contributed by atoms with Crippen molar-refractivity contribution in [1.82, 2.24) is 5.32 Å². The predicted octanol–water partition coefficient (Wildman–Crippen LogP) is 1.54. The zero-order valence-corrected chi connectivity index (χ0v) is 11.4. The molecule has 0 radical (unpaired) electrons. The van der Waals surface area contributed by atoms with Crippen molar-refractivity contribution in [2.45, 2.75) is 31.4 Å². The van der Waals surface area contributed by atoms with Gasteiger partial charge in [0.05, 0.1) is 25.2 Å². The van der Waals surface area contributed by atoms with E-state index in [1.807, 2.05) is 0 Å². The maximum absolute atomic E-state index is 12.1. The van der Waals surface area contributed by atoms with Crippen LogP contribution in [0.2, 0.25) is 0 Å². The molecule has 1 amide bonds. The van der Waals surface area contributed by atoms with Gasteiger partial charge in [0.1, 0.15) is 11.8 Å². The smallest absolute Gasteiger partial charge is 0.227 e. The van der Waals surface area contributed by atoms with Gasteiger partial charge in [-0.15, -0.1) is 0 Å². The van der Waals surface area contributed by atoms with Crippen LogP contribution in [0.3, 0.4) is 0 Å². The van der Waals surface area contributed by atoms with Crippen molar-refractivity contribution >= 4 is 5.91 Å². The summed E-state index contributed by atoms with van der Waals surface area (Å²) in [5, 5.41) is 21.7. The molecule has 106 valence electrons. The number of para-hydroxylation sites is 1. The summed E-state index contributed by atoms with van der Waals surface area (Å²) in [6, 6.07) is 8.39. The molecule has 1 fully saturated rings. The lowest BCUT2D eigenvalue weighted by Gasteiger charge is -2.19. The summed E-state index contributed by atoms with van der Waals surface area (Å²) in [6.45, 7) is 0. The number of carbonyl (C=O) groups excluding carboxylic acids is 1. The van der Waals surface area contributed by atoms with Crippen LogP contribution in [0.15, 0.2) is 24.3 Å². The molecule has 0 aromatic heterocycles. The van der Waals surface area contributed by atoms with E-state index in [1.165, 1.54) is 7.11 Å². The van der Waals surface area contributed by atoms with E-state index in [0.29, 0.717) is 24.2 Å². The molecule has 2 rings (SSSR count). The third kappa shape index (κ3) is 2.91. The fourth-order valence-corrected chi connectivity index (χ4v) is 2.58. The Hall–Kier alpha value is -2.06. The number of ether oxygens (including phenoxy) is 1. The van der Waals surface area contributed by atoms with Gasteiger partial charge >= 0.3 is 0 Å². The van der Waals surface area contributed by atoms with Crippen molar-refractivity contribution in [3.8, 4) is 11.8 Å². The molecule has 5 nitrogen and oxygen atoms in total. The summed E-state index contributed by atoms with van der Waals surface area (Å²) in [6.07, 6.45) is 1.54. The van der Waals surface area contributed by atoms with Gasteiger partial charge in [-0.25, -0.2) is 0 Å². The number of benzene rings is 1. The van der Waals surface area contributed by atoms with Gasteiger partial charge in [0.15, 0.2) is 0 Å². The van der Waals surface area contributed by atoms with Crippen LogP contribution >= 0.6 is 0 Å². The van der Waals surface area contributed by atoms with Crippen LogP contribution in [-0.4, -0.2) is 24.2 Å². The first-order valence-electron chi connectivity index (χ1n) is 6.68. The number of hydrogen-bond acceptors (Lipinski definition) is 4. The first kappa shape index (κ1) is 14.4. The minimum atomic E-state index is -0.772. The molecule has 1 aliphatic carbocycles. The fraction of sp³-hybridized carbons (Fsp3) is 0.467. The summed E-state index contributed by atoms with van der Waals surface area (Å²) in [5.74, 6) is -0.126. The molecule has 2 N–H and O–H groups in total. The summed E-state index contributed by atoms with van der Waals surface area (Å²) >= 11 is 0. The number of rotatable bonds is 4. The molecule has 3 unspecified atom stereocenters. The summed E-state index contributed by atoms with van der Waals surface area (Å²) in [4.78, 5) is 12.1. The van der Waals surface area contributed by atoms with Crippen LogP contribution in [0.1, 0.15) is 30.9 Å². The predicted molar refractivity (Wildman–Crippen MR) is 72.8 cm³/mol. The molecule has 1 aromatic rings. The topological polar surface area (TPSA) is 82.3 Å². The molecule has 0 spiro atoms. The number of aliphatic hydroxyl groups is 1. The molecular formula is C15H18N2O3. The standard InChI is InChI=1S/C15H18N2O3/c1-20-14-8-3-2-5-10(14)12(9-16)17-15(19)11-6-4-7-13(11)18/h2-3,5,8,11-13,18H,4,6-7H2,1H3,(H,17,19). The van der Waals surface area contributed by atoms with E-state index in [2.05, 4.69) is 11.4 Å². The van der Waals surface area contributed by atoms with Crippen LogP contribution in [0.25, 0.3) is 0 Å². The van der Waals surface area contributed by atoms with E-state index in [-0.39, 0.29) is 5.91 Å². The monoisotopic (exact) mass is 274 g/mol. The van der Waals surface area contributed by atoms with Gasteiger partial charge in [-0.05, 0) is 25.3 Å². The molecule has 0 saturated heterocycles. The third-order valence-electron chi connectivity index (χ3n) is 3.68. The summed E-state index contributed by atoms with van der Waals surface area (Å²) < 4.78 is 5.20. The molecule has 1 aliphatic rings. The minimum Gasteiger partial charge on any atom is -0.496 e. The van der Waals surface area contributed by atoms with Crippen LogP contribution in [0, 0.1) is 17.2 Å². The fourth-order valence-electron chi connectivity index (χ4n) is 2.58. The number of hydrogen-bond donors (Lipinski definition) is 2. The average Bonchev–Trinajstić information content (AvgIpc) is 2.90. The molecule has 20 heavy (non-hydrogen) atoms. The van der Waals surface area contributed by atoms with Crippen LogP contribution in [0.4, 0.5) is 0 Å². The lowest BCUT2D eigenvalue weighted by Crippen LogP contribution is -2.36. The second kappa shape index (κ2) is 6.40. The highest BCUT2D eigenvalue weighted by atomic mass is 16.5. The lowest BCUT2D eigenvalue weighted by atomic mass is 10.0. The quantitative estimate of drug-likeness (QED) is 0.872. The number of nitrogens with one attached hydrogen (secondary N) is 1. The number of aliphatic hydroxyl groups excluding tert-OH is 1. The average molecular weight is 274 g/mol. The number of nitriles is 1. The maximum Gasteiger partial charge on any atom is 0.227 e. The molecular weight excluding hydrogens is 256 g/mol. The number of methoxy groups -OCH3 is 1. The Balaban J connectivity index is 2.13. The van der Waals surface area contributed by atoms with Crippen molar-refractivity contribution in [2.75, 3.05) is 7.11 Å². The van der Waals surface area contributed by atoms with Crippen molar-refractivity contribution in [1.29, 1.82) is 5.26 Å².